The highest BCUT2D eigenvalue weighted by Gasteiger charge is 2.04. The predicted molar refractivity (Wildman–Crippen MR) is 82.3 cm³/mol. The van der Waals surface area contributed by atoms with Crippen LogP contribution in [0.1, 0.15) is 36.0 Å². The molecule has 2 nitrogen and oxygen atoms in total. The summed E-state index contributed by atoms with van der Waals surface area (Å²) in [6.45, 7) is 4.05. The topological polar surface area (TPSA) is 35.8 Å². The molecule has 0 radical (unpaired) electrons. The first-order valence-electron chi connectivity index (χ1n) is 7.04. The summed E-state index contributed by atoms with van der Waals surface area (Å²) in [6.07, 6.45) is 1.11. The van der Waals surface area contributed by atoms with Crippen molar-refractivity contribution in [2.75, 3.05) is 6.54 Å². The van der Waals surface area contributed by atoms with Gasteiger partial charge in [-0.05, 0) is 42.1 Å². The molecule has 20 heavy (non-hydrogen) atoms. The molecule has 0 saturated carbocycles. The third-order valence-corrected chi connectivity index (χ3v) is 3.51. The van der Waals surface area contributed by atoms with E-state index in [1.54, 1.807) is 0 Å². The van der Waals surface area contributed by atoms with Crippen molar-refractivity contribution in [2.45, 2.75) is 25.8 Å². The lowest BCUT2D eigenvalue weighted by Gasteiger charge is -2.12. The summed E-state index contributed by atoms with van der Waals surface area (Å²) in [6, 6.07) is 20.5. The van der Waals surface area contributed by atoms with Gasteiger partial charge in [-0.3, -0.25) is 0 Å². The maximum Gasteiger partial charge on any atom is 0.0991 e. The fourth-order valence-corrected chi connectivity index (χ4v) is 2.25. The van der Waals surface area contributed by atoms with Crippen LogP contribution in [0.25, 0.3) is 0 Å². The Morgan fingerprint density at radius 2 is 1.90 bits per heavy atom. The second kappa shape index (κ2) is 7.47. The Balaban J connectivity index is 1.75. The second-order valence-corrected chi connectivity index (χ2v) is 5.09. The number of benzene rings is 2. The predicted octanol–water partition coefficient (Wildman–Crippen LogP) is 3.84. The smallest absolute Gasteiger partial charge is 0.0991 e. The van der Waals surface area contributed by atoms with Gasteiger partial charge in [0.25, 0.3) is 0 Å². The molecule has 2 aromatic carbocycles. The Morgan fingerprint density at radius 3 is 2.65 bits per heavy atom. The van der Waals surface area contributed by atoms with Gasteiger partial charge in [-0.1, -0.05) is 49.4 Å². The Kier molecular flexibility index (Phi) is 5.34. The Morgan fingerprint density at radius 1 is 1.10 bits per heavy atom. The lowest BCUT2D eigenvalue weighted by Crippen LogP contribution is -2.16. The molecule has 0 saturated heterocycles. The largest absolute Gasteiger partial charge is 0.313 e. The molecule has 2 aromatic rings. The third kappa shape index (κ3) is 4.22. The average molecular weight is 264 g/mol. The van der Waals surface area contributed by atoms with E-state index in [1.165, 1.54) is 5.56 Å². The minimum atomic E-state index is 0.564. The van der Waals surface area contributed by atoms with Gasteiger partial charge in [-0.15, -0.1) is 0 Å². The summed E-state index contributed by atoms with van der Waals surface area (Å²) in [5.74, 6) is 0.564. The van der Waals surface area contributed by atoms with Gasteiger partial charge >= 0.3 is 0 Å². The van der Waals surface area contributed by atoms with E-state index in [1.807, 2.05) is 18.2 Å². The maximum absolute atomic E-state index is 8.86. The monoisotopic (exact) mass is 264 g/mol. The SMILES string of the molecule is CC(CCNCc1cccc(C#N)c1)c1ccccc1. The zero-order chi connectivity index (χ0) is 14.2. The molecule has 1 atom stereocenters. The molecule has 0 spiro atoms. The Labute approximate surface area is 121 Å². The standard InChI is InChI=1S/C18H20N2/c1-15(18-8-3-2-4-9-18)10-11-20-14-17-7-5-6-16(12-17)13-19/h2-9,12,15,20H,10-11,14H2,1H3. The van der Waals surface area contributed by atoms with Crippen molar-refractivity contribution in [3.05, 3.63) is 71.3 Å². The van der Waals surface area contributed by atoms with E-state index >= 15 is 0 Å². The number of nitriles is 1. The fraction of sp³-hybridized carbons (Fsp3) is 0.278. The summed E-state index contributed by atoms with van der Waals surface area (Å²) < 4.78 is 0. The van der Waals surface area contributed by atoms with Crippen LogP contribution in [0.2, 0.25) is 0 Å². The van der Waals surface area contributed by atoms with E-state index in [0.29, 0.717) is 5.92 Å². The number of nitrogens with zero attached hydrogens (tertiary/aromatic N) is 1. The van der Waals surface area contributed by atoms with E-state index in [0.717, 1.165) is 30.6 Å². The van der Waals surface area contributed by atoms with Crippen LogP contribution < -0.4 is 5.32 Å². The summed E-state index contributed by atoms with van der Waals surface area (Å²) >= 11 is 0. The lowest BCUT2D eigenvalue weighted by molar-refractivity contribution is 0.594. The van der Waals surface area contributed by atoms with Crippen LogP contribution >= 0.6 is 0 Å². The van der Waals surface area contributed by atoms with Gasteiger partial charge in [0.2, 0.25) is 0 Å². The molecule has 0 heterocycles. The zero-order valence-electron chi connectivity index (χ0n) is 11.8. The molecular formula is C18H20N2. The van der Waals surface area contributed by atoms with Gasteiger partial charge in [0.1, 0.15) is 0 Å². The first kappa shape index (κ1) is 14.3. The van der Waals surface area contributed by atoms with Crippen molar-refractivity contribution < 1.29 is 0 Å². The van der Waals surface area contributed by atoms with Gasteiger partial charge in [0.15, 0.2) is 0 Å². The van der Waals surface area contributed by atoms with Gasteiger partial charge in [0, 0.05) is 6.54 Å². The highest BCUT2D eigenvalue weighted by molar-refractivity contribution is 5.32. The van der Waals surface area contributed by atoms with Crippen molar-refractivity contribution in [1.29, 1.82) is 5.26 Å². The normalized spacial score (nSPS) is 11.8. The number of hydrogen-bond acceptors (Lipinski definition) is 2. The van der Waals surface area contributed by atoms with E-state index < -0.39 is 0 Å². The molecule has 1 unspecified atom stereocenters. The summed E-state index contributed by atoms with van der Waals surface area (Å²) in [5, 5.41) is 12.3. The van der Waals surface area contributed by atoms with Crippen molar-refractivity contribution in [3.8, 4) is 6.07 Å². The van der Waals surface area contributed by atoms with E-state index in [-0.39, 0.29) is 0 Å². The summed E-state index contributed by atoms with van der Waals surface area (Å²) in [5.41, 5.74) is 3.28. The third-order valence-electron chi connectivity index (χ3n) is 3.51. The van der Waals surface area contributed by atoms with Gasteiger partial charge < -0.3 is 5.32 Å². The number of nitrogens with one attached hydrogen (secondary N) is 1. The molecular weight excluding hydrogens is 244 g/mol. The van der Waals surface area contributed by atoms with Gasteiger partial charge in [0.05, 0.1) is 11.6 Å². The first-order chi connectivity index (χ1) is 9.79. The van der Waals surface area contributed by atoms with Gasteiger partial charge in [-0.25, -0.2) is 0 Å². The zero-order valence-corrected chi connectivity index (χ0v) is 11.8. The molecule has 1 N–H and O–H groups in total. The van der Waals surface area contributed by atoms with Crippen molar-refractivity contribution in [3.63, 3.8) is 0 Å². The lowest BCUT2D eigenvalue weighted by atomic mass is 9.98. The van der Waals surface area contributed by atoms with Crippen molar-refractivity contribution in [1.82, 2.24) is 5.32 Å². The Hall–Kier alpha value is -2.11. The molecule has 0 aliphatic rings. The maximum atomic E-state index is 8.86. The molecule has 2 rings (SSSR count). The number of hydrogen-bond donors (Lipinski definition) is 1. The van der Waals surface area contributed by atoms with E-state index in [4.69, 9.17) is 5.26 Å². The molecule has 0 aromatic heterocycles. The molecule has 102 valence electrons. The summed E-state index contributed by atoms with van der Waals surface area (Å²) in [7, 11) is 0. The fourth-order valence-electron chi connectivity index (χ4n) is 2.25. The van der Waals surface area contributed by atoms with Crippen LogP contribution in [0, 0.1) is 11.3 Å². The van der Waals surface area contributed by atoms with Gasteiger partial charge in [-0.2, -0.15) is 5.26 Å². The van der Waals surface area contributed by atoms with Crippen LogP contribution in [-0.4, -0.2) is 6.54 Å². The molecule has 0 fully saturated rings. The summed E-state index contributed by atoms with van der Waals surface area (Å²) in [4.78, 5) is 0. The van der Waals surface area contributed by atoms with Crippen LogP contribution in [0.4, 0.5) is 0 Å². The van der Waals surface area contributed by atoms with E-state index in [9.17, 15) is 0 Å². The molecule has 2 heteroatoms. The molecule has 0 aliphatic heterocycles. The Bertz CT molecular complexity index is 569. The highest BCUT2D eigenvalue weighted by Crippen LogP contribution is 2.17. The minimum absolute atomic E-state index is 0.564. The van der Waals surface area contributed by atoms with Crippen LogP contribution in [0.15, 0.2) is 54.6 Å². The van der Waals surface area contributed by atoms with Crippen molar-refractivity contribution in [2.24, 2.45) is 0 Å². The van der Waals surface area contributed by atoms with Crippen LogP contribution in [0.5, 0.6) is 0 Å². The highest BCUT2D eigenvalue weighted by atomic mass is 14.8. The second-order valence-electron chi connectivity index (χ2n) is 5.09. The minimum Gasteiger partial charge on any atom is -0.313 e. The molecule has 0 aliphatic carbocycles. The van der Waals surface area contributed by atoms with Crippen LogP contribution in [-0.2, 0) is 6.54 Å². The molecule has 0 bridgehead atoms. The first-order valence-corrected chi connectivity index (χ1v) is 7.04. The quantitative estimate of drug-likeness (QED) is 0.805. The number of rotatable bonds is 6. The average Bonchev–Trinajstić information content (AvgIpc) is 2.52. The molecule has 0 amide bonds. The van der Waals surface area contributed by atoms with Crippen molar-refractivity contribution >= 4 is 0 Å². The van der Waals surface area contributed by atoms with Crippen LogP contribution in [0.3, 0.4) is 0 Å². The van der Waals surface area contributed by atoms with E-state index in [2.05, 4.69) is 54.7 Å².